The average molecular weight is 482 g/mol. The van der Waals surface area contributed by atoms with Gasteiger partial charge in [0.25, 0.3) is 0 Å². The summed E-state index contributed by atoms with van der Waals surface area (Å²) >= 11 is 0. The van der Waals surface area contributed by atoms with E-state index in [1.807, 2.05) is 11.2 Å². The number of hydrogen-bond donors (Lipinski definition) is 4. The maximum Gasteiger partial charge on any atom is 0.317 e. The summed E-state index contributed by atoms with van der Waals surface area (Å²) in [5.41, 5.74) is 7.85. The van der Waals surface area contributed by atoms with Crippen LogP contribution in [0.3, 0.4) is 0 Å². The summed E-state index contributed by atoms with van der Waals surface area (Å²) in [6.07, 6.45) is 14.4. The SMILES string of the molecule is C=CCNC(=O)N1CCC(Nc2nc(NC3CCC(N)CC3)nc3c2ncn3C2CCCC2)CC1. The molecule has 0 bridgehead atoms. The zero-order valence-corrected chi connectivity index (χ0v) is 20.6. The van der Waals surface area contributed by atoms with E-state index in [1.165, 1.54) is 25.7 Å². The van der Waals surface area contributed by atoms with E-state index in [2.05, 4.69) is 27.1 Å². The minimum Gasteiger partial charge on any atom is -0.365 e. The second-order valence-corrected chi connectivity index (χ2v) is 10.3. The van der Waals surface area contributed by atoms with Gasteiger partial charge >= 0.3 is 6.03 Å². The lowest BCUT2D eigenvalue weighted by molar-refractivity contribution is 0.184. The molecule has 10 nitrogen and oxygen atoms in total. The molecule has 2 amide bonds. The molecule has 0 aromatic carbocycles. The first kappa shape index (κ1) is 23.8. The fraction of sp³-hybridized carbons (Fsp3) is 0.680. The van der Waals surface area contributed by atoms with Crippen molar-refractivity contribution in [2.75, 3.05) is 30.3 Å². The van der Waals surface area contributed by atoms with E-state index in [1.54, 1.807) is 6.08 Å². The molecule has 3 heterocycles. The maximum absolute atomic E-state index is 12.3. The predicted molar refractivity (Wildman–Crippen MR) is 138 cm³/mol. The molecule has 1 aliphatic heterocycles. The minimum atomic E-state index is -0.0261. The van der Waals surface area contributed by atoms with Gasteiger partial charge < -0.3 is 31.2 Å². The van der Waals surface area contributed by atoms with Gasteiger partial charge in [-0.15, -0.1) is 6.58 Å². The Kier molecular flexibility index (Phi) is 7.36. The van der Waals surface area contributed by atoms with E-state index in [9.17, 15) is 4.79 Å². The molecule has 2 aromatic heterocycles. The number of nitrogens with one attached hydrogen (secondary N) is 3. The first-order chi connectivity index (χ1) is 17.1. The van der Waals surface area contributed by atoms with Crippen LogP contribution in [0.4, 0.5) is 16.6 Å². The highest BCUT2D eigenvalue weighted by atomic mass is 16.2. The zero-order valence-electron chi connectivity index (χ0n) is 20.6. The molecule has 3 fully saturated rings. The molecule has 0 spiro atoms. The van der Waals surface area contributed by atoms with E-state index in [4.69, 9.17) is 20.7 Å². The molecule has 2 aromatic rings. The summed E-state index contributed by atoms with van der Waals surface area (Å²) in [4.78, 5) is 28.7. The van der Waals surface area contributed by atoms with Gasteiger partial charge in [0.05, 0.1) is 6.33 Å². The summed E-state index contributed by atoms with van der Waals surface area (Å²) in [6, 6.07) is 1.32. The van der Waals surface area contributed by atoms with Crippen molar-refractivity contribution in [2.24, 2.45) is 5.73 Å². The zero-order chi connectivity index (χ0) is 24.2. The summed E-state index contributed by atoms with van der Waals surface area (Å²) in [6.45, 7) is 5.56. The number of imidazole rings is 1. The van der Waals surface area contributed by atoms with E-state index >= 15 is 0 Å². The average Bonchev–Trinajstić information content (AvgIpc) is 3.54. The Bertz CT molecular complexity index is 1020. The van der Waals surface area contributed by atoms with Gasteiger partial charge in [-0.05, 0) is 51.4 Å². The Labute approximate surface area is 207 Å². The second-order valence-electron chi connectivity index (χ2n) is 10.3. The van der Waals surface area contributed by atoms with Gasteiger partial charge in [-0.1, -0.05) is 18.9 Å². The van der Waals surface area contributed by atoms with Crippen molar-refractivity contribution in [2.45, 2.75) is 88.4 Å². The lowest BCUT2D eigenvalue weighted by Gasteiger charge is -2.32. The maximum atomic E-state index is 12.3. The molecular formula is C25H39N9O. The van der Waals surface area contributed by atoms with Crippen LogP contribution in [0.2, 0.25) is 0 Å². The first-order valence-corrected chi connectivity index (χ1v) is 13.3. The lowest BCUT2D eigenvalue weighted by Crippen LogP contribution is -2.47. The molecule has 5 rings (SSSR count). The number of urea groups is 1. The highest BCUT2D eigenvalue weighted by Crippen LogP contribution is 2.33. The number of nitrogens with zero attached hydrogens (tertiary/aromatic N) is 5. The summed E-state index contributed by atoms with van der Waals surface area (Å²) < 4.78 is 2.25. The molecular weight excluding hydrogens is 442 g/mol. The van der Waals surface area contributed by atoms with Crippen LogP contribution in [-0.2, 0) is 0 Å². The number of hydrogen-bond acceptors (Lipinski definition) is 7. The van der Waals surface area contributed by atoms with Crippen molar-refractivity contribution >= 4 is 29.0 Å². The van der Waals surface area contributed by atoms with Crippen molar-refractivity contribution in [3.8, 4) is 0 Å². The number of carbonyl (C=O) groups excluding carboxylic acids is 1. The Morgan fingerprint density at radius 1 is 1.03 bits per heavy atom. The predicted octanol–water partition coefficient (Wildman–Crippen LogP) is 3.40. The molecule has 10 heteroatoms. The Morgan fingerprint density at radius 2 is 1.74 bits per heavy atom. The van der Waals surface area contributed by atoms with Crippen LogP contribution >= 0.6 is 0 Å². The quantitative estimate of drug-likeness (QED) is 0.447. The Morgan fingerprint density at radius 3 is 2.46 bits per heavy atom. The molecule has 3 aliphatic rings. The third-order valence-corrected chi connectivity index (χ3v) is 7.77. The van der Waals surface area contributed by atoms with Gasteiger partial charge in [-0.2, -0.15) is 9.97 Å². The first-order valence-electron chi connectivity index (χ1n) is 13.3. The van der Waals surface area contributed by atoms with Crippen molar-refractivity contribution in [3.63, 3.8) is 0 Å². The van der Waals surface area contributed by atoms with Crippen LogP contribution in [0.1, 0.15) is 70.3 Å². The van der Waals surface area contributed by atoms with E-state index in [0.717, 1.165) is 55.5 Å². The second kappa shape index (κ2) is 10.8. The number of likely N-dealkylation sites (tertiary alicyclic amines) is 1. The molecule has 190 valence electrons. The van der Waals surface area contributed by atoms with E-state index in [0.29, 0.717) is 43.7 Å². The normalized spacial score (nSPS) is 24.0. The van der Waals surface area contributed by atoms with Crippen LogP contribution in [-0.4, -0.2) is 68.2 Å². The lowest BCUT2D eigenvalue weighted by atomic mass is 9.92. The van der Waals surface area contributed by atoms with Crippen molar-refractivity contribution in [1.82, 2.24) is 29.7 Å². The van der Waals surface area contributed by atoms with Crippen molar-refractivity contribution < 1.29 is 4.79 Å². The van der Waals surface area contributed by atoms with Crippen molar-refractivity contribution in [1.29, 1.82) is 0 Å². The number of amides is 2. The van der Waals surface area contributed by atoms with Crippen LogP contribution in [0.5, 0.6) is 0 Å². The number of rotatable bonds is 7. The third kappa shape index (κ3) is 5.52. The number of carbonyl (C=O) groups is 1. The smallest absolute Gasteiger partial charge is 0.317 e. The molecule has 35 heavy (non-hydrogen) atoms. The molecule has 0 atom stereocenters. The number of fused-ring (bicyclic) bond motifs is 1. The molecule has 0 unspecified atom stereocenters. The van der Waals surface area contributed by atoms with Gasteiger partial charge in [0, 0.05) is 43.8 Å². The van der Waals surface area contributed by atoms with E-state index < -0.39 is 0 Å². The largest absolute Gasteiger partial charge is 0.365 e. The fourth-order valence-electron chi connectivity index (χ4n) is 5.67. The summed E-state index contributed by atoms with van der Waals surface area (Å²) in [5.74, 6) is 1.46. The Balaban J connectivity index is 1.33. The van der Waals surface area contributed by atoms with Crippen LogP contribution in [0.25, 0.3) is 11.2 Å². The monoisotopic (exact) mass is 481 g/mol. The third-order valence-electron chi connectivity index (χ3n) is 7.77. The molecule has 2 aliphatic carbocycles. The Hall–Kier alpha value is -2.88. The fourth-order valence-corrected chi connectivity index (χ4v) is 5.67. The summed E-state index contributed by atoms with van der Waals surface area (Å²) in [7, 11) is 0. The topological polar surface area (TPSA) is 126 Å². The van der Waals surface area contributed by atoms with Gasteiger partial charge in [-0.25, -0.2) is 9.78 Å². The minimum absolute atomic E-state index is 0.0261. The molecule has 2 saturated carbocycles. The van der Waals surface area contributed by atoms with Crippen molar-refractivity contribution in [3.05, 3.63) is 19.0 Å². The van der Waals surface area contributed by atoms with Gasteiger partial charge in [-0.3, -0.25) is 0 Å². The van der Waals surface area contributed by atoms with Gasteiger partial charge in [0.15, 0.2) is 17.0 Å². The van der Waals surface area contributed by atoms with Gasteiger partial charge in [0.1, 0.15) is 0 Å². The number of nitrogens with two attached hydrogens (primary N) is 1. The number of piperidine rings is 1. The number of anilines is 2. The molecule has 1 saturated heterocycles. The summed E-state index contributed by atoms with van der Waals surface area (Å²) in [5, 5.41) is 10.1. The van der Waals surface area contributed by atoms with Gasteiger partial charge in [0.2, 0.25) is 5.95 Å². The molecule has 5 N–H and O–H groups in total. The van der Waals surface area contributed by atoms with Crippen LogP contribution in [0, 0.1) is 0 Å². The van der Waals surface area contributed by atoms with Crippen LogP contribution < -0.4 is 21.7 Å². The molecule has 0 radical (unpaired) electrons. The highest BCUT2D eigenvalue weighted by Gasteiger charge is 2.27. The standard InChI is InChI=1S/C25H39N9O/c1-2-13-27-25(35)33-14-11-19(12-15-33)29-22-21-23(34(16-28-21)20-5-3-4-6-20)32-24(31-22)30-18-9-7-17(26)8-10-18/h2,16-20H,1,3-15,26H2,(H,27,35)(H2,29,30,31,32). The van der Waals surface area contributed by atoms with Crippen LogP contribution in [0.15, 0.2) is 19.0 Å². The van der Waals surface area contributed by atoms with E-state index in [-0.39, 0.29) is 12.1 Å². The highest BCUT2D eigenvalue weighted by molar-refractivity contribution is 5.84. The number of aromatic nitrogens is 4.